The number of carbonyl (C=O) groups is 1. The van der Waals surface area contributed by atoms with Crippen LogP contribution < -0.4 is 11.5 Å². The van der Waals surface area contributed by atoms with Crippen molar-refractivity contribution in [1.82, 2.24) is 4.90 Å². The molecule has 1 aliphatic heterocycles. The van der Waals surface area contributed by atoms with Crippen molar-refractivity contribution in [3.8, 4) is 0 Å². The van der Waals surface area contributed by atoms with Gasteiger partial charge in [-0.25, -0.2) is 0 Å². The SMILES string of the molecule is CC1CN(C(CN)CC(N)=O)CCCO1. The summed E-state index contributed by atoms with van der Waals surface area (Å²) in [5, 5.41) is 0. The molecule has 0 aliphatic carbocycles. The largest absolute Gasteiger partial charge is 0.377 e. The van der Waals surface area contributed by atoms with Crippen LogP contribution in [0.2, 0.25) is 0 Å². The number of primary amides is 1. The topological polar surface area (TPSA) is 81.6 Å². The Kier molecular flexibility index (Phi) is 5.01. The van der Waals surface area contributed by atoms with E-state index in [0.29, 0.717) is 13.0 Å². The summed E-state index contributed by atoms with van der Waals surface area (Å²) in [6.45, 7) is 5.05. The van der Waals surface area contributed by atoms with Crippen LogP contribution >= 0.6 is 0 Å². The van der Waals surface area contributed by atoms with E-state index in [-0.39, 0.29) is 18.1 Å². The van der Waals surface area contributed by atoms with Crippen LogP contribution in [-0.2, 0) is 9.53 Å². The van der Waals surface area contributed by atoms with Gasteiger partial charge in [0.15, 0.2) is 0 Å². The van der Waals surface area contributed by atoms with Gasteiger partial charge in [-0.05, 0) is 13.3 Å². The second-order valence-corrected chi connectivity index (χ2v) is 4.09. The van der Waals surface area contributed by atoms with Crippen LogP contribution in [0.3, 0.4) is 0 Å². The van der Waals surface area contributed by atoms with Gasteiger partial charge in [-0.15, -0.1) is 0 Å². The van der Waals surface area contributed by atoms with Gasteiger partial charge in [0.2, 0.25) is 5.91 Å². The van der Waals surface area contributed by atoms with Crippen LogP contribution in [0.15, 0.2) is 0 Å². The Labute approximate surface area is 90.7 Å². The van der Waals surface area contributed by atoms with E-state index >= 15 is 0 Å². The summed E-state index contributed by atoms with van der Waals surface area (Å²) in [7, 11) is 0. The van der Waals surface area contributed by atoms with E-state index < -0.39 is 0 Å². The van der Waals surface area contributed by atoms with E-state index in [1.807, 2.05) is 6.92 Å². The molecule has 1 aliphatic rings. The lowest BCUT2D eigenvalue weighted by atomic mass is 10.1. The van der Waals surface area contributed by atoms with Crippen molar-refractivity contribution >= 4 is 5.91 Å². The first kappa shape index (κ1) is 12.4. The Morgan fingerprint density at radius 3 is 3.00 bits per heavy atom. The fourth-order valence-electron chi connectivity index (χ4n) is 1.95. The molecule has 88 valence electrons. The molecule has 1 fully saturated rings. The molecule has 0 saturated carbocycles. The van der Waals surface area contributed by atoms with Crippen LogP contribution in [-0.4, -0.2) is 49.2 Å². The third-order valence-corrected chi connectivity index (χ3v) is 2.71. The number of amides is 1. The highest BCUT2D eigenvalue weighted by atomic mass is 16.5. The minimum atomic E-state index is -0.289. The van der Waals surface area contributed by atoms with Crippen molar-refractivity contribution in [2.24, 2.45) is 11.5 Å². The summed E-state index contributed by atoms with van der Waals surface area (Å²) < 4.78 is 5.53. The smallest absolute Gasteiger partial charge is 0.219 e. The summed E-state index contributed by atoms with van der Waals surface area (Å²) in [6, 6.07) is 0.0617. The van der Waals surface area contributed by atoms with Gasteiger partial charge < -0.3 is 16.2 Å². The molecular formula is C10H21N3O2. The molecule has 1 heterocycles. The summed E-state index contributed by atoms with van der Waals surface area (Å²) in [5.74, 6) is -0.289. The predicted molar refractivity (Wildman–Crippen MR) is 58.3 cm³/mol. The Morgan fingerprint density at radius 2 is 2.40 bits per heavy atom. The standard InChI is InChI=1S/C10H21N3O2/c1-8-7-13(3-2-4-15-8)9(6-11)5-10(12)14/h8-9H,2-7,11H2,1H3,(H2,12,14). The normalized spacial score (nSPS) is 25.9. The summed E-state index contributed by atoms with van der Waals surface area (Å²) in [4.78, 5) is 13.1. The van der Waals surface area contributed by atoms with Crippen molar-refractivity contribution < 1.29 is 9.53 Å². The maximum absolute atomic E-state index is 10.9. The molecule has 15 heavy (non-hydrogen) atoms. The van der Waals surface area contributed by atoms with E-state index in [1.165, 1.54) is 0 Å². The molecule has 2 unspecified atom stereocenters. The van der Waals surface area contributed by atoms with Crippen LogP contribution in [0.1, 0.15) is 19.8 Å². The number of rotatable bonds is 4. The zero-order valence-corrected chi connectivity index (χ0v) is 9.32. The van der Waals surface area contributed by atoms with Crippen molar-refractivity contribution in [3.05, 3.63) is 0 Å². The molecular weight excluding hydrogens is 194 g/mol. The van der Waals surface area contributed by atoms with Gasteiger partial charge >= 0.3 is 0 Å². The molecule has 2 atom stereocenters. The molecule has 4 N–H and O–H groups in total. The molecule has 0 radical (unpaired) electrons. The highest BCUT2D eigenvalue weighted by Crippen LogP contribution is 2.10. The lowest BCUT2D eigenvalue weighted by Crippen LogP contribution is -2.45. The van der Waals surface area contributed by atoms with Gasteiger partial charge in [0.1, 0.15) is 0 Å². The monoisotopic (exact) mass is 215 g/mol. The van der Waals surface area contributed by atoms with E-state index in [2.05, 4.69) is 4.90 Å². The van der Waals surface area contributed by atoms with Crippen molar-refractivity contribution in [2.45, 2.75) is 31.9 Å². The Balaban J connectivity index is 2.52. The van der Waals surface area contributed by atoms with Crippen molar-refractivity contribution in [2.75, 3.05) is 26.2 Å². The van der Waals surface area contributed by atoms with Crippen molar-refractivity contribution in [1.29, 1.82) is 0 Å². The molecule has 0 spiro atoms. The Hall–Kier alpha value is -0.650. The zero-order chi connectivity index (χ0) is 11.3. The van der Waals surface area contributed by atoms with Crippen LogP contribution in [0.25, 0.3) is 0 Å². The highest BCUT2D eigenvalue weighted by Gasteiger charge is 2.23. The molecule has 1 rings (SSSR count). The Morgan fingerprint density at radius 1 is 1.67 bits per heavy atom. The molecule has 5 nitrogen and oxygen atoms in total. The predicted octanol–water partition coefficient (Wildman–Crippen LogP) is -0.700. The first-order chi connectivity index (χ1) is 7.13. The van der Waals surface area contributed by atoms with E-state index in [9.17, 15) is 4.79 Å². The quantitative estimate of drug-likeness (QED) is 0.649. The lowest BCUT2D eigenvalue weighted by Gasteiger charge is -2.29. The molecule has 0 aromatic carbocycles. The van der Waals surface area contributed by atoms with Gasteiger partial charge in [0.25, 0.3) is 0 Å². The van der Waals surface area contributed by atoms with E-state index in [4.69, 9.17) is 16.2 Å². The molecule has 0 aromatic rings. The second kappa shape index (κ2) is 6.05. The van der Waals surface area contributed by atoms with Gasteiger partial charge in [-0.2, -0.15) is 0 Å². The second-order valence-electron chi connectivity index (χ2n) is 4.09. The number of nitrogens with zero attached hydrogens (tertiary/aromatic N) is 1. The molecule has 0 aromatic heterocycles. The number of hydrogen-bond acceptors (Lipinski definition) is 4. The zero-order valence-electron chi connectivity index (χ0n) is 9.32. The van der Waals surface area contributed by atoms with Crippen LogP contribution in [0.4, 0.5) is 0 Å². The lowest BCUT2D eigenvalue weighted by molar-refractivity contribution is -0.119. The average molecular weight is 215 g/mol. The highest BCUT2D eigenvalue weighted by molar-refractivity contribution is 5.74. The summed E-state index contributed by atoms with van der Waals surface area (Å²) in [5.41, 5.74) is 10.9. The average Bonchev–Trinajstić information content (AvgIpc) is 2.39. The van der Waals surface area contributed by atoms with Crippen molar-refractivity contribution in [3.63, 3.8) is 0 Å². The summed E-state index contributed by atoms with van der Waals surface area (Å²) >= 11 is 0. The maximum atomic E-state index is 10.9. The molecule has 0 bridgehead atoms. The number of carbonyl (C=O) groups excluding carboxylic acids is 1. The van der Waals surface area contributed by atoms with Gasteiger partial charge in [0, 0.05) is 38.7 Å². The fraction of sp³-hybridized carbons (Fsp3) is 0.900. The minimum absolute atomic E-state index is 0.0617. The minimum Gasteiger partial charge on any atom is -0.377 e. The van der Waals surface area contributed by atoms with Gasteiger partial charge in [-0.1, -0.05) is 0 Å². The van der Waals surface area contributed by atoms with E-state index in [1.54, 1.807) is 0 Å². The maximum Gasteiger partial charge on any atom is 0.219 e. The third-order valence-electron chi connectivity index (χ3n) is 2.71. The third kappa shape index (κ3) is 4.15. The summed E-state index contributed by atoms with van der Waals surface area (Å²) in [6.07, 6.45) is 1.53. The van der Waals surface area contributed by atoms with Crippen LogP contribution in [0, 0.1) is 0 Å². The Bertz CT molecular complexity index is 211. The molecule has 1 amide bonds. The first-order valence-electron chi connectivity index (χ1n) is 5.47. The number of nitrogens with two attached hydrogens (primary N) is 2. The fourth-order valence-corrected chi connectivity index (χ4v) is 1.95. The van der Waals surface area contributed by atoms with Gasteiger partial charge in [-0.3, -0.25) is 9.69 Å². The number of hydrogen-bond donors (Lipinski definition) is 2. The first-order valence-corrected chi connectivity index (χ1v) is 5.47. The number of ether oxygens (including phenoxy) is 1. The van der Waals surface area contributed by atoms with Gasteiger partial charge in [0.05, 0.1) is 6.10 Å². The van der Waals surface area contributed by atoms with Crippen LogP contribution in [0.5, 0.6) is 0 Å². The molecule has 5 heteroatoms. The molecule has 1 saturated heterocycles. The van der Waals surface area contributed by atoms with E-state index in [0.717, 1.165) is 26.1 Å².